The van der Waals surface area contributed by atoms with Crippen molar-refractivity contribution in [3.63, 3.8) is 0 Å². The number of aryl methyl sites for hydroxylation is 1. The third kappa shape index (κ3) is 2.13. The van der Waals surface area contributed by atoms with Crippen LogP contribution in [-0.4, -0.2) is 34.6 Å². The van der Waals surface area contributed by atoms with Crippen LogP contribution in [0.25, 0.3) is 0 Å². The topological polar surface area (TPSA) is 68.5 Å². The fourth-order valence-corrected chi connectivity index (χ4v) is 2.36. The van der Waals surface area contributed by atoms with E-state index in [1.807, 2.05) is 6.92 Å². The molecule has 0 saturated carbocycles. The Morgan fingerprint density at radius 3 is 3.15 bits per heavy atom. The molecule has 0 saturated heterocycles. The molecule has 0 N–H and O–H groups in total. The summed E-state index contributed by atoms with van der Waals surface area (Å²) in [6, 6.07) is 1.75. The number of hydrogen-bond donors (Lipinski definition) is 0. The first kappa shape index (κ1) is 12.7. The van der Waals surface area contributed by atoms with Crippen LogP contribution in [0.1, 0.15) is 27.3 Å². The molecule has 20 heavy (non-hydrogen) atoms. The minimum Gasteiger partial charge on any atom is -0.494 e. The molecule has 3 heterocycles. The Balaban J connectivity index is 1.88. The number of pyridine rings is 1. The highest BCUT2D eigenvalue weighted by Crippen LogP contribution is 2.23. The van der Waals surface area contributed by atoms with Gasteiger partial charge in [-0.3, -0.25) is 9.78 Å². The lowest BCUT2D eigenvalue weighted by Gasteiger charge is -2.26. The first-order valence-electron chi connectivity index (χ1n) is 6.41. The van der Waals surface area contributed by atoms with Crippen molar-refractivity contribution in [2.75, 3.05) is 13.7 Å². The number of ether oxygens (including phenoxy) is 1. The number of fused-ring (bicyclic) bond motifs is 1. The van der Waals surface area contributed by atoms with Crippen LogP contribution in [0.3, 0.4) is 0 Å². The van der Waals surface area contributed by atoms with Crippen molar-refractivity contribution in [3.8, 4) is 5.75 Å². The SMILES string of the molecule is COc1cnc(C)cc1C(=O)N1CCc2nocc2C1. The van der Waals surface area contributed by atoms with Crippen molar-refractivity contribution in [1.29, 1.82) is 0 Å². The van der Waals surface area contributed by atoms with E-state index in [9.17, 15) is 4.79 Å². The predicted octanol–water partition coefficient (Wildman–Crippen LogP) is 1.59. The maximum Gasteiger partial charge on any atom is 0.258 e. The lowest BCUT2D eigenvalue weighted by Crippen LogP contribution is -2.36. The summed E-state index contributed by atoms with van der Waals surface area (Å²) >= 11 is 0. The summed E-state index contributed by atoms with van der Waals surface area (Å²) in [4.78, 5) is 18.6. The Hall–Kier alpha value is -2.37. The fraction of sp³-hybridized carbons (Fsp3) is 0.357. The van der Waals surface area contributed by atoms with Crippen molar-refractivity contribution < 1.29 is 14.1 Å². The monoisotopic (exact) mass is 273 g/mol. The number of nitrogens with zero attached hydrogens (tertiary/aromatic N) is 3. The van der Waals surface area contributed by atoms with Gasteiger partial charge >= 0.3 is 0 Å². The number of aromatic nitrogens is 2. The molecule has 0 spiro atoms. The van der Waals surface area contributed by atoms with Gasteiger partial charge < -0.3 is 14.2 Å². The Morgan fingerprint density at radius 1 is 1.50 bits per heavy atom. The maximum atomic E-state index is 12.6. The minimum absolute atomic E-state index is 0.0563. The summed E-state index contributed by atoms with van der Waals surface area (Å²) in [6.07, 6.45) is 3.89. The summed E-state index contributed by atoms with van der Waals surface area (Å²) < 4.78 is 10.2. The standard InChI is InChI=1S/C14H15N3O3/c1-9-5-11(13(19-2)6-15-9)14(18)17-4-3-12-10(7-17)8-20-16-12/h5-6,8H,3-4,7H2,1-2H3. The molecule has 0 bridgehead atoms. The van der Waals surface area contributed by atoms with Gasteiger partial charge in [0.1, 0.15) is 12.0 Å². The Bertz CT molecular complexity index is 651. The lowest BCUT2D eigenvalue weighted by atomic mass is 10.1. The molecule has 104 valence electrons. The van der Waals surface area contributed by atoms with Gasteiger partial charge in [-0.15, -0.1) is 0 Å². The quantitative estimate of drug-likeness (QED) is 0.831. The van der Waals surface area contributed by atoms with Crippen molar-refractivity contribution >= 4 is 5.91 Å². The Morgan fingerprint density at radius 2 is 2.35 bits per heavy atom. The van der Waals surface area contributed by atoms with E-state index in [1.54, 1.807) is 23.4 Å². The number of carbonyl (C=O) groups excluding carboxylic acids is 1. The van der Waals surface area contributed by atoms with Crippen LogP contribution in [-0.2, 0) is 13.0 Å². The molecule has 0 aliphatic carbocycles. The van der Waals surface area contributed by atoms with Gasteiger partial charge in [0.25, 0.3) is 5.91 Å². The van der Waals surface area contributed by atoms with Crippen LogP contribution in [0.2, 0.25) is 0 Å². The number of amides is 1. The molecule has 1 amide bonds. The Labute approximate surface area is 116 Å². The molecule has 0 atom stereocenters. The zero-order chi connectivity index (χ0) is 14.1. The average molecular weight is 273 g/mol. The summed E-state index contributed by atoms with van der Waals surface area (Å²) in [5.41, 5.74) is 3.23. The molecule has 6 nitrogen and oxygen atoms in total. The average Bonchev–Trinajstić information content (AvgIpc) is 2.93. The van der Waals surface area contributed by atoms with Gasteiger partial charge in [-0.1, -0.05) is 5.16 Å². The molecule has 1 aliphatic heterocycles. The van der Waals surface area contributed by atoms with E-state index >= 15 is 0 Å². The van der Waals surface area contributed by atoms with E-state index in [1.165, 1.54) is 7.11 Å². The van der Waals surface area contributed by atoms with Gasteiger partial charge in [0, 0.05) is 24.2 Å². The summed E-state index contributed by atoms with van der Waals surface area (Å²) in [6.45, 7) is 3.00. The first-order valence-corrected chi connectivity index (χ1v) is 6.41. The van der Waals surface area contributed by atoms with Gasteiger partial charge in [0.05, 0.1) is 31.1 Å². The summed E-state index contributed by atoms with van der Waals surface area (Å²) in [7, 11) is 1.54. The third-order valence-electron chi connectivity index (χ3n) is 3.45. The van der Waals surface area contributed by atoms with Crippen molar-refractivity contribution in [1.82, 2.24) is 15.0 Å². The Kier molecular flexibility index (Phi) is 3.14. The van der Waals surface area contributed by atoms with E-state index in [2.05, 4.69) is 10.1 Å². The van der Waals surface area contributed by atoms with Crippen molar-refractivity contribution in [3.05, 3.63) is 41.0 Å². The van der Waals surface area contributed by atoms with Gasteiger partial charge in [-0.2, -0.15) is 0 Å². The van der Waals surface area contributed by atoms with Crippen LogP contribution in [0.15, 0.2) is 23.0 Å². The van der Waals surface area contributed by atoms with Crippen LogP contribution in [0.4, 0.5) is 0 Å². The lowest BCUT2D eigenvalue weighted by molar-refractivity contribution is 0.0730. The first-order chi connectivity index (χ1) is 9.69. The van der Waals surface area contributed by atoms with Crippen LogP contribution < -0.4 is 4.74 Å². The van der Waals surface area contributed by atoms with Gasteiger partial charge in [-0.25, -0.2) is 0 Å². The fourth-order valence-electron chi connectivity index (χ4n) is 2.36. The third-order valence-corrected chi connectivity index (χ3v) is 3.45. The van der Waals surface area contributed by atoms with E-state index in [-0.39, 0.29) is 5.91 Å². The second-order valence-electron chi connectivity index (χ2n) is 4.79. The number of carbonyl (C=O) groups is 1. The zero-order valence-electron chi connectivity index (χ0n) is 11.4. The maximum absolute atomic E-state index is 12.6. The molecule has 0 aromatic carbocycles. The molecule has 3 rings (SSSR count). The van der Waals surface area contributed by atoms with Crippen molar-refractivity contribution in [2.45, 2.75) is 19.9 Å². The van der Waals surface area contributed by atoms with Gasteiger partial charge in [0.15, 0.2) is 0 Å². The summed E-state index contributed by atoms with van der Waals surface area (Å²) in [5.74, 6) is 0.441. The molecule has 2 aromatic rings. The molecular formula is C14H15N3O3. The normalized spacial score (nSPS) is 14.0. The zero-order valence-corrected chi connectivity index (χ0v) is 11.4. The van der Waals surface area contributed by atoms with Gasteiger partial charge in [-0.05, 0) is 13.0 Å². The highest BCUT2D eigenvalue weighted by Gasteiger charge is 2.26. The summed E-state index contributed by atoms with van der Waals surface area (Å²) in [5, 5.41) is 3.92. The van der Waals surface area contributed by atoms with Crippen LogP contribution in [0.5, 0.6) is 5.75 Å². The molecule has 0 fully saturated rings. The number of rotatable bonds is 2. The van der Waals surface area contributed by atoms with E-state index < -0.39 is 0 Å². The van der Waals surface area contributed by atoms with Crippen LogP contribution >= 0.6 is 0 Å². The second kappa shape index (κ2) is 4.96. The highest BCUT2D eigenvalue weighted by molar-refractivity contribution is 5.97. The number of hydrogen-bond acceptors (Lipinski definition) is 5. The largest absolute Gasteiger partial charge is 0.494 e. The molecule has 1 aliphatic rings. The molecule has 2 aromatic heterocycles. The molecular weight excluding hydrogens is 258 g/mol. The van der Waals surface area contributed by atoms with E-state index in [0.717, 1.165) is 17.0 Å². The highest BCUT2D eigenvalue weighted by atomic mass is 16.5. The predicted molar refractivity (Wildman–Crippen MR) is 70.5 cm³/mol. The number of methoxy groups -OCH3 is 1. The van der Waals surface area contributed by atoms with Crippen molar-refractivity contribution in [2.24, 2.45) is 0 Å². The van der Waals surface area contributed by atoms with Crippen LogP contribution in [0, 0.1) is 6.92 Å². The molecule has 0 radical (unpaired) electrons. The van der Waals surface area contributed by atoms with Gasteiger partial charge in [0.2, 0.25) is 0 Å². The minimum atomic E-state index is -0.0563. The smallest absolute Gasteiger partial charge is 0.258 e. The van der Waals surface area contributed by atoms with E-state index in [0.29, 0.717) is 30.8 Å². The molecule has 6 heteroatoms. The second-order valence-corrected chi connectivity index (χ2v) is 4.79. The van der Waals surface area contributed by atoms with E-state index in [4.69, 9.17) is 9.26 Å². The molecule has 0 unspecified atom stereocenters.